The molecule has 2 aromatic rings. The molecular weight excluding hydrogens is 288 g/mol. The van der Waals surface area contributed by atoms with Crippen LogP contribution in [-0.2, 0) is 11.3 Å². The molecule has 1 fully saturated rings. The van der Waals surface area contributed by atoms with E-state index in [1.165, 1.54) is 11.3 Å². The maximum Gasteiger partial charge on any atom is 0.139 e. The average molecular weight is 308 g/mol. The van der Waals surface area contributed by atoms with Crippen molar-refractivity contribution in [2.75, 3.05) is 36.5 Å². The maximum atomic E-state index is 5.40. The van der Waals surface area contributed by atoms with Crippen molar-refractivity contribution in [3.8, 4) is 0 Å². The van der Waals surface area contributed by atoms with Crippen LogP contribution in [-0.4, -0.2) is 37.0 Å². The minimum Gasteiger partial charge on any atom is -0.378 e. The lowest BCUT2D eigenvalue weighted by Crippen LogP contribution is -2.36. The lowest BCUT2D eigenvalue weighted by molar-refractivity contribution is 0.122. The molecule has 5 nitrogen and oxygen atoms in total. The molecule has 3 heterocycles. The van der Waals surface area contributed by atoms with Gasteiger partial charge in [0.25, 0.3) is 0 Å². The summed E-state index contributed by atoms with van der Waals surface area (Å²) in [6, 6.07) is 10.6. The summed E-state index contributed by atoms with van der Waals surface area (Å²) < 4.78 is 5.40. The number of hydrogen-bond donors (Lipinski definition) is 1. The first kappa shape index (κ1) is 14.2. The summed E-state index contributed by atoms with van der Waals surface area (Å²) in [6.45, 7) is 6.32. The third kappa shape index (κ3) is 2.80. The second-order valence-corrected chi connectivity index (χ2v) is 5.87. The molecule has 4 rings (SSSR count). The van der Waals surface area contributed by atoms with Gasteiger partial charge in [0.05, 0.1) is 19.8 Å². The molecule has 0 saturated carbocycles. The first-order valence-electron chi connectivity index (χ1n) is 8.00. The molecule has 2 aliphatic rings. The van der Waals surface area contributed by atoms with Gasteiger partial charge in [0.15, 0.2) is 0 Å². The topological polar surface area (TPSA) is 49.8 Å². The number of benzene rings is 1. The highest BCUT2D eigenvalue weighted by atomic mass is 16.5. The third-order valence-corrected chi connectivity index (χ3v) is 4.39. The molecule has 0 radical (unpaired) electrons. The fraction of sp³-hybridized carbons (Fsp3) is 0.333. The van der Waals surface area contributed by atoms with E-state index in [4.69, 9.17) is 4.74 Å². The molecule has 0 atom stereocenters. The number of aromatic nitrogens is 1. The van der Waals surface area contributed by atoms with Crippen LogP contribution in [0.2, 0.25) is 0 Å². The minimum absolute atomic E-state index is 0.758. The number of pyridine rings is 1. The normalized spacial score (nSPS) is 16.9. The zero-order valence-electron chi connectivity index (χ0n) is 13.2. The fourth-order valence-electron chi connectivity index (χ4n) is 3.13. The fourth-order valence-corrected chi connectivity index (χ4v) is 3.13. The van der Waals surface area contributed by atoms with Gasteiger partial charge in [0.1, 0.15) is 5.82 Å². The van der Waals surface area contributed by atoms with Gasteiger partial charge in [-0.2, -0.15) is 0 Å². The number of hydrogen-bond acceptors (Lipinski definition) is 5. The summed E-state index contributed by atoms with van der Waals surface area (Å²) >= 11 is 0. The van der Waals surface area contributed by atoms with Crippen LogP contribution in [0.1, 0.15) is 18.1 Å². The van der Waals surface area contributed by atoms with Crippen molar-refractivity contribution in [3.63, 3.8) is 0 Å². The summed E-state index contributed by atoms with van der Waals surface area (Å²) in [5.74, 6) is 0.889. The Balaban J connectivity index is 1.54. The number of ether oxygens (including phenoxy) is 1. The molecule has 0 spiro atoms. The maximum absolute atomic E-state index is 5.40. The third-order valence-electron chi connectivity index (χ3n) is 4.39. The van der Waals surface area contributed by atoms with Gasteiger partial charge in [-0.25, -0.2) is 4.98 Å². The Morgan fingerprint density at radius 1 is 1.09 bits per heavy atom. The zero-order chi connectivity index (χ0) is 15.6. The minimum atomic E-state index is 0.758. The molecule has 1 N–H and O–H groups in total. The van der Waals surface area contributed by atoms with Crippen molar-refractivity contribution in [2.24, 2.45) is 4.99 Å². The highest BCUT2D eigenvalue weighted by Crippen LogP contribution is 2.28. The largest absolute Gasteiger partial charge is 0.378 e. The van der Waals surface area contributed by atoms with Crippen LogP contribution in [0.3, 0.4) is 0 Å². The highest BCUT2D eigenvalue weighted by molar-refractivity contribution is 6.06. The Morgan fingerprint density at radius 2 is 1.87 bits per heavy atom. The molecule has 1 aromatic heterocycles. The number of nitrogens with one attached hydrogen (secondary N) is 1. The molecule has 1 saturated heterocycles. The van der Waals surface area contributed by atoms with Crippen molar-refractivity contribution in [3.05, 3.63) is 47.7 Å². The van der Waals surface area contributed by atoms with Crippen molar-refractivity contribution in [1.29, 1.82) is 0 Å². The summed E-state index contributed by atoms with van der Waals surface area (Å²) in [5.41, 5.74) is 5.72. The van der Waals surface area contributed by atoms with E-state index in [9.17, 15) is 0 Å². The van der Waals surface area contributed by atoms with Gasteiger partial charge in [-0.15, -0.1) is 0 Å². The standard InChI is InChI=1S/C18H20N4O/c1-13-17-14(12-20-13)6-7-19-18(17)21-15-2-4-16(5-3-15)22-8-10-23-11-9-22/h2-7H,8-12H2,1H3,(H,19,21). The monoisotopic (exact) mass is 308 g/mol. The zero-order valence-corrected chi connectivity index (χ0v) is 13.2. The lowest BCUT2D eigenvalue weighted by Gasteiger charge is -2.29. The molecule has 0 aliphatic carbocycles. The van der Waals surface area contributed by atoms with Crippen molar-refractivity contribution in [2.45, 2.75) is 13.5 Å². The average Bonchev–Trinajstić information content (AvgIpc) is 2.99. The molecule has 2 aliphatic heterocycles. The Hall–Kier alpha value is -2.40. The van der Waals surface area contributed by atoms with Gasteiger partial charge in [0.2, 0.25) is 0 Å². The van der Waals surface area contributed by atoms with Gasteiger partial charge in [0, 0.05) is 41.9 Å². The number of morpholine rings is 1. The first-order valence-corrected chi connectivity index (χ1v) is 8.00. The number of nitrogens with zero attached hydrogens (tertiary/aromatic N) is 3. The molecule has 0 bridgehead atoms. The van der Waals surface area contributed by atoms with Crippen LogP contribution in [0.15, 0.2) is 41.5 Å². The summed E-state index contributed by atoms with van der Waals surface area (Å²) in [5, 5.41) is 3.43. The van der Waals surface area contributed by atoms with Crippen LogP contribution >= 0.6 is 0 Å². The van der Waals surface area contributed by atoms with Crippen LogP contribution < -0.4 is 10.2 Å². The van der Waals surface area contributed by atoms with E-state index in [0.29, 0.717) is 0 Å². The van der Waals surface area contributed by atoms with E-state index in [1.807, 2.05) is 19.2 Å². The van der Waals surface area contributed by atoms with Crippen LogP contribution in [0, 0.1) is 0 Å². The van der Waals surface area contributed by atoms with Crippen LogP contribution in [0.4, 0.5) is 17.2 Å². The van der Waals surface area contributed by atoms with E-state index in [2.05, 4.69) is 44.5 Å². The second kappa shape index (κ2) is 6.01. The summed E-state index contributed by atoms with van der Waals surface area (Å²) in [4.78, 5) is 11.3. The summed E-state index contributed by atoms with van der Waals surface area (Å²) in [7, 11) is 0. The van der Waals surface area contributed by atoms with E-state index in [0.717, 1.165) is 55.6 Å². The Kier molecular flexibility index (Phi) is 3.71. The van der Waals surface area contributed by atoms with Crippen molar-refractivity contribution < 1.29 is 4.74 Å². The van der Waals surface area contributed by atoms with Gasteiger partial charge in [-0.05, 0) is 42.8 Å². The van der Waals surface area contributed by atoms with Gasteiger partial charge >= 0.3 is 0 Å². The number of fused-ring (bicyclic) bond motifs is 1. The number of aliphatic imine (C=N–C) groups is 1. The molecule has 1 aromatic carbocycles. The van der Waals surface area contributed by atoms with Crippen molar-refractivity contribution in [1.82, 2.24) is 4.98 Å². The van der Waals surface area contributed by atoms with E-state index in [-0.39, 0.29) is 0 Å². The molecular formula is C18H20N4O. The van der Waals surface area contributed by atoms with E-state index in [1.54, 1.807) is 0 Å². The lowest BCUT2D eigenvalue weighted by atomic mass is 10.1. The second-order valence-electron chi connectivity index (χ2n) is 5.87. The van der Waals surface area contributed by atoms with E-state index < -0.39 is 0 Å². The Labute approximate surface area is 136 Å². The quantitative estimate of drug-likeness (QED) is 0.947. The predicted molar refractivity (Wildman–Crippen MR) is 92.9 cm³/mol. The first-order chi connectivity index (χ1) is 11.3. The predicted octanol–water partition coefficient (Wildman–Crippen LogP) is 2.98. The van der Waals surface area contributed by atoms with Gasteiger partial charge < -0.3 is 15.0 Å². The molecule has 5 heteroatoms. The summed E-state index contributed by atoms with van der Waals surface area (Å²) in [6.07, 6.45) is 1.84. The van der Waals surface area contributed by atoms with Gasteiger partial charge in [-0.3, -0.25) is 4.99 Å². The molecule has 0 unspecified atom stereocenters. The SMILES string of the molecule is CC1=NCc2ccnc(Nc3ccc(N4CCOCC4)cc3)c21. The van der Waals surface area contributed by atoms with Crippen molar-refractivity contribution >= 4 is 22.9 Å². The Bertz CT molecular complexity index is 733. The number of anilines is 3. The Morgan fingerprint density at radius 3 is 2.65 bits per heavy atom. The van der Waals surface area contributed by atoms with Crippen LogP contribution in [0.5, 0.6) is 0 Å². The smallest absolute Gasteiger partial charge is 0.139 e. The number of rotatable bonds is 3. The van der Waals surface area contributed by atoms with E-state index >= 15 is 0 Å². The van der Waals surface area contributed by atoms with Crippen LogP contribution in [0.25, 0.3) is 0 Å². The van der Waals surface area contributed by atoms with Gasteiger partial charge in [-0.1, -0.05) is 0 Å². The highest BCUT2D eigenvalue weighted by Gasteiger charge is 2.17. The molecule has 23 heavy (non-hydrogen) atoms. The molecule has 0 amide bonds. The molecule has 118 valence electrons.